The Labute approximate surface area is 255 Å². The molecule has 1 amide bonds. The summed E-state index contributed by atoms with van der Waals surface area (Å²) in [7, 11) is 0. The molecular weight excluding hydrogens is 562 g/mol. The number of piperidine rings is 1. The van der Waals surface area contributed by atoms with Crippen LogP contribution in [0, 0.1) is 6.92 Å². The van der Waals surface area contributed by atoms with Crippen LogP contribution in [0.1, 0.15) is 62.1 Å². The van der Waals surface area contributed by atoms with Crippen LogP contribution < -0.4 is 11.1 Å². The number of likely N-dealkylation sites (tertiary alicyclic amines) is 1. The molecule has 6 rings (SSSR count). The number of nitrogens with zero attached hydrogens (tertiary/aromatic N) is 7. The van der Waals surface area contributed by atoms with Gasteiger partial charge in [-0.15, -0.1) is 0 Å². The number of fused-ring (bicyclic) bond motifs is 1. The zero-order valence-corrected chi connectivity index (χ0v) is 24.9. The Kier molecular flexibility index (Phi) is 8.55. The Morgan fingerprint density at radius 1 is 1.14 bits per heavy atom. The minimum Gasteiger partial charge on any atom is -0.445 e. The first-order chi connectivity index (χ1) is 21.4. The van der Waals surface area contributed by atoms with Gasteiger partial charge >= 0.3 is 6.09 Å². The van der Waals surface area contributed by atoms with Gasteiger partial charge in [-0.1, -0.05) is 35.5 Å². The van der Waals surface area contributed by atoms with E-state index in [4.69, 9.17) is 25.3 Å². The number of oxime groups is 1. The average Bonchev–Trinajstić information content (AvgIpc) is 3.44. The number of hydrogen-bond donors (Lipinski definition) is 3. The summed E-state index contributed by atoms with van der Waals surface area (Å²) in [6, 6.07) is 13.2. The molecule has 44 heavy (non-hydrogen) atoms. The second-order valence-electron chi connectivity index (χ2n) is 11.4. The van der Waals surface area contributed by atoms with Gasteiger partial charge in [-0.3, -0.25) is 0 Å². The van der Waals surface area contributed by atoms with Crippen molar-refractivity contribution in [1.82, 2.24) is 29.6 Å². The summed E-state index contributed by atoms with van der Waals surface area (Å²) in [5.41, 5.74) is 9.85. The summed E-state index contributed by atoms with van der Waals surface area (Å²) in [5.74, 6) is 0.357. The molecule has 13 heteroatoms. The second kappa shape index (κ2) is 12.8. The van der Waals surface area contributed by atoms with E-state index in [1.807, 2.05) is 50.2 Å². The van der Waals surface area contributed by atoms with Crippen molar-refractivity contribution in [2.45, 2.75) is 70.9 Å². The smallest absolute Gasteiger partial charge is 0.410 e. The Bertz CT molecular complexity index is 1650. The lowest BCUT2D eigenvalue weighted by Crippen LogP contribution is -2.50. The van der Waals surface area contributed by atoms with Crippen LogP contribution in [-0.4, -0.2) is 72.0 Å². The number of ether oxygens (including phenoxy) is 2. The Balaban J connectivity index is 1.25. The summed E-state index contributed by atoms with van der Waals surface area (Å²) < 4.78 is 13.4. The summed E-state index contributed by atoms with van der Waals surface area (Å²) in [5, 5.41) is 21.5. The van der Waals surface area contributed by atoms with Gasteiger partial charge in [0.25, 0.3) is 0 Å². The number of carbonyl (C=O) groups is 1. The van der Waals surface area contributed by atoms with Crippen LogP contribution in [0.2, 0.25) is 0 Å². The molecule has 1 unspecified atom stereocenters. The van der Waals surface area contributed by atoms with Crippen LogP contribution in [0.15, 0.2) is 53.8 Å². The second-order valence-corrected chi connectivity index (χ2v) is 11.4. The number of benzene rings is 1. The van der Waals surface area contributed by atoms with Crippen LogP contribution in [0.25, 0.3) is 22.4 Å². The van der Waals surface area contributed by atoms with Crippen molar-refractivity contribution < 1.29 is 19.5 Å². The van der Waals surface area contributed by atoms with Crippen molar-refractivity contribution in [3.05, 3.63) is 65.5 Å². The summed E-state index contributed by atoms with van der Waals surface area (Å²) >= 11 is 0. The Hall–Kier alpha value is -4.78. The van der Waals surface area contributed by atoms with Gasteiger partial charge in [-0.05, 0) is 69.2 Å². The maximum absolute atomic E-state index is 13.0. The standard InChI is InChI=1S/C31H37N9O4/c1-19-16-33-30(34-22-12-11-20(2)39(17-22)31(41)44-18-21-8-4-3-5-9-21)36-26(19)27-23-13-14-24(28(32)38-42)35-29(23)40(37-27)25-10-6-7-15-43-25/h3-5,8-9,13-14,16,20,22,25,42H,6-7,10-12,15,17-18H2,1-2H3,(H2,32,38)(H,33,34,36)/t20-,22-,25?/m0/s1. The van der Waals surface area contributed by atoms with Crippen LogP contribution in [-0.2, 0) is 16.1 Å². The summed E-state index contributed by atoms with van der Waals surface area (Å²) in [6.45, 7) is 5.31. The molecule has 2 aliphatic rings. The van der Waals surface area contributed by atoms with Crippen molar-refractivity contribution in [2.75, 3.05) is 18.5 Å². The lowest BCUT2D eigenvalue weighted by Gasteiger charge is -2.37. The van der Waals surface area contributed by atoms with E-state index < -0.39 is 0 Å². The van der Waals surface area contributed by atoms with Crippen molar-refractivity contribution in [1.29, 1.82) is 0 Å². The van der Waals surface area contributed by atoms with Gasteiger partial charge in [0.15, 0.2) is 17.7 Å². The number of aromatic nitrogens is 5. The fourth-order valence-electron chi connectivity index (χ4n) is 5.72. The van der Waals surface area contributed by atoms with Gasteiger partial charge in [-0.2, -0.15) is 5.10 Å². The van der Waals surface area contributed by atoms with Crippen LogP contribution >= 0.6 is 0 Å². The molecule has 3 atom stereocenters. The third kappa shape index (κ3) is 6.13. The van der Waals surface area contributed by atoms with Gasteiger partial charge in [-0.25, -0.2) is 24.4 Å². The molecular formula is C31H37N9O4. The van der Waals surface area contributed by atoms with E-state index in [9.17, 15) is 10.0 Å². The van der Waals surface area contributed by atoms with Gasteiger partial charge in [0.05, 0.1) is 5.69 Å². The SMILES string of the molecule is Cc1cnc(N[C@H]2CC[C@H](C)N(C(=O)OCc3ccccc3)C2)nc1-c1nn(C2CCCCO2)c2nc(/C(N)=N/O)ccc12. The Morgan fingerprint density at radius 3 is 2.75 bits per heavy atom. The van der Waals surface area contributed by atoms with Crippen LogP contribution in [0.5, 0.6) is 0 Å². The monoisotopic (exact) mass is 599 g/mol. The molecule has 3 aromatic heterocycles. The van der Waals surface area contributed by atoms with Gasteiger partial charge in [0.2, 0.25) is 5.95 Å². The van der Waals surface area contributed by atoms with Crippen molar-refractivity contribution >= 4 is 28.9 Å². The molecule has 0 radical (unpaired) electrons. The molecule has 4 N–H and O–H groups in total. The van der Waals surface area contributed by atoms with E-state index in [0.29, 0.717) is 41.8 Å². The lowest BCUT2D eigenvalue weighted by molar-refractivity contribution is -0.0368. The molecule has 0 saturated carbocycles. The zero-order valence-electron chi connectivity index (χ0n) is 24.9. The van der Waals surface area contributed by atoms with Crippen LogP contribution in [0.4, 0.5) is 10.7 Å². The third-order valence-electron chi connectivity index (χ3n) is 8.20. The molecule has 0 spiro atoms. The lowest BCUT2D eigenvalue weighted by atomic mass is 10.00. The maximum atomic E-state index is 13.0. The highest BCUT2D eigenvalue weighted by Gasteiger charge is 2.31. The number of nitrogens with two attached hydrogens (primary N) is 1. The molecule has 2 saturated heterocycles. The van der Waals surface area contributed by atoms with E-state index in [1.165, 1.54) is 0 Å². The largest absolute Gasteiger partial charge is 0.445 e. The maximum Gasteiger partial charge on any atom is 0.410 e. The van der Waals surface area contributed by atoms with E-state index in [2.05, 4.69) is 20.4 Å². The number of nitrogens with one attached hydrogen (secondary N) is 1. The highest BCUT2D eigenvalue weighted by atomic mass is 16.6. The van der Waals surface area contributed by atoms with Crippen LogP contribution in [0.3, 0.4) is 0 Å². The molecule has 4 aromatic rings. The van der Waals surface area contributed by atoms with E-state index in [1.54, 1.807) is 21.8 Å². The molecule has 230 valence electrons. The predicted octanol–water partition coefficient (Wildman–Crippen LogP) is 4.59. The fraction of sp³-hybridized carbons (Fsp3) is 0.419. The molecule has 13 nitrogen and oxygen atoms in total. The highest BCUT2D eigenvalue weighted by Crippen LogP contribution is 2.33. The molecule has 2 fully saturated rings. The average molecular weight is 600 g/mol. The van der Waals surface area contributed by atoms with Gasteiger partial charge < -0.3 is 30.6 Å². The molecule has 0 bridgehead atoms. The first-order valence-electron chi connectivity index (χ1n) is 15.0. The number of pyridine rings is 1. The normalized spacial score (nSPS) is 20.9. The molecule has 1 aromatic carbocycles. The Morgan fingerprint density at radius 2 is 1.98 bits per heavy atom. The summed E-state index contributed by atoms with van der Waals surface area (Å²) in [6.07, 6.45) is 5.63. The minimum atomic E-state index is -0.334. The fourth-order valence-corrected chi connectivity index (χ4v) is 5.72. The number of amides is 1. The molecule has 0 aliphatic carbocycles. The number of carbonyl (C=O) groups excluding carboxylic acids is 1. The molecule has 2 aliphatic heterocycles. The molecule has 5 heterocycles. The third-order valence-corrected chi connectivity index (χ3v) is 8.20. The predicted molar refractivity (Wildman–Crippen MR) is 164 cm³/mol. The van der Waals surface area contributed by atoms with E-state index in [-0.39, 0.29) is 36.8 Å². The topological polar surface area (TPSA) is 166 Å². The number of aryl methyl sites for hydroxylation is 1. The number of amidine groups is 1. The van der Waals surface area contributed by atoms with Gasteiger partial charge in [0, 0.05) is 36.8 Å². The van der Waals surface area contributed by atoms with Crippen molar-refractivity contribution in [2.24, 2.45) is 10.9 Å². The quantitative estimate of drug-likeness (QED) is 0.118. The van der Waals surface area contributed by atoms with Crippen molar-refractivity contribution in [3.63, 3.8) is 0 Å². The number of rotatable bonds is 7. The first kappa shape index (κ1) is 29.3. The first-order valence-corrected chi connectivity index (χ1v) is 15.0. The van der Waals surface area contributed by atoms with E-state index >= 15 is 0 Å². The minimum absolute atomic E-state index is 0.0547. The van der Waals surface area contributed by atoms with E-state index in [0.717, 1.165) is 48.6 Å². The summed E-state index contributed by atoms with van der Waals surface area (Å²) in [4.78, 5) is 28.9. The van der Waals surface area contributed by atoms with Crippen molar-refractivity contribution in [3.8, 4) is 11.4 Å². The number of hydrogen-bond acceptors (Lipinski definition) is 10. The highest BCUT2D eigenvalue weighted by molar-refractivity contribution is 5.99. The zero-order chi connectivity index (χ0) is 30.6. The number of anilines is 1. The van der Waals surface area contributed by atoms with Gasteiger partial charge in [0.1, 0.15) is 18.0 Å².